The monoisotopic (exact) mass is 385 g/mol. The van der Waals surface area contributed by atoms with Gasteiger partial charge in [0.2, 0.25) is 5.89 Å². The molecule has 4 nitrogen and oxygen atoms in total. The van der Waals surface area contributed by atoms with Gasteiger partial charge in [0, 0.05) is 10.0 Å². The van der Waals surface area contributed by atoms with E-state index in [1.165, 1.54) is 0 Å². The van der Waals surface area contributed by atoms with Gasteiger partial charge < -0.3 is 9.15 Å². The van der Waals surface area contributed by atoms with Crippen LogP contribution in [-0.2, 0) is 22.6 Å². The first kappa shape index (κ1) is 16.5. The minimum atomic E-state index is -0.291. The molecule has 1 heterocycles. The molecule has 0 atom stereocenters. The topological polar surface area (TPSA) is 52.3 Å². The Kier molecular flexibility index (Phi) is 5.11. The van der Waals surface area contributed by atoms with E-state index < -0.39 is 0 Å². The first-order valence-corrected chi connectivity index (χ1v) is 8.33. The number of ether oxygens (including phenoxy) is 1. The van der Waals surface area contributed by atoms with E-state index in [0.717, 1.165) is 15.6 Å². The van der Waals surface area contributed by atoms with Crippen molar-refractivity contribution < 1.29 is 13.9 Å². The van der Waals surface area contributed by atoms with Crippen LogP contribution in [0.15, 0.2) is 63.5 Å². The van der Waals surface area contributed by atoms with Crippen LogP contribution in [-0.4, -0.2) is 11.0 Å². The van der Waals surface area contributed by atoms with E-state index in [-0.39, 0.29) is 19.0 Å². The Morgan fingerprint density at radius 3 is 2.54 bits per heavy atom. The third-order valence-electron chi connectivity index (χ3n) is 3.54. The summed E-state index contributed by atoms with van der Waals surface area (Å²) in [6.45, 7) is 1.93. The number of halogens is 1. The standard InChI is InChI=1S/C19H16BrNO3/c1-13-17(21-19(24-13)15-5-3-2-4-6-15)12-23-18(22)11-14-7-9-16(20)10-8-14/h2-10H,11-12H2,1H3. The van der Waals surface area contributed by atoms with Crippen LogP contribution in [0.2, 0.25) is 0 Å². The van der Waals surface area contributed by atoms with Gasteiger partial charge in [-0.25, -0.2) is 4.98 Å². The zero-order chi connectivity index (χ0) is 16.9. The van der Waals surface area contributed by atoms with Crippen LogP contribution in [0.1, 0.15) is 17.0 Å². The second-order valence-corrected chi connectivity index (χ2v) is 6.27. The lowest BCUT2D eigenvalue weighted by Crippen LogP contribution is -2.08. The van der Waals surface area contributed by atoms with Crippen molar-refractivity contribution in [2.75, 3.05) is 0 Å². The number of hydrogen-bond donors (Lipinski definition) is 0. The third kappa shape index (κ3) is 4.11. The highest BCUT2D eigenvalue weighted by atomic mass is 79.9. The molecule has 2 aromatic carbocycles. The summed E-state index contributed by atoms with van der Waals surface area (Å²) in [5.41, 5.74) is 2.44. The molecule has 0 bridgehead atoms. The molecule has 0 radical (unpaired) electrons. The summed E-state index contributed by atoms with van der Waals surface area (Å²) in [6.07, 6.45) is 0.232. The van der Waals surface area contributed by atoms with Gasteiger partial charge in [0.25, 0.3) is 0 Å². The lowest BCUT2D eigenvalue weighted by molar-refractivity contribution is -0.144. The van der Waals surface area contributed by atoms with E-state index in [9.17, 15) is 4.79 Å². The Morgan fingerprint density at radius 2 is 1.83 bits per heavy atom. The van der Waals surface area contributed by atoms with Crippen LogP contribution in [0.3, 0.4) is 0 Å². The largest absolute Gasteiger partial charge is 0.459 e. The zero-order valence-electron chi connectivity index (χ0n) is 13.2. The summed E-state index contributed by atoms with van der Waals surface area (Å²) in [7, 11) is 0. The van der Waals surface area contributed by atoms with Crippen molar-refractivity contribution in [2.45, 2.75) is 20.0 Å². The summed E-state index contributed by atoms with van der Waals surface area (Å²) in [5.74, 6) is 0.901. The van der Waals surface area contributed by atoms with Crippen LogP contribution in [0.4, 0.5) is 0 Å². The predicted octanol–water partition coefficient (Wildman–Crippen LogP) is 4.70. The van der Waals surface area contributed by atoms with Crippen molar-refractivity contribution in [2.24, 2.45) is 0 Å². The molecule has 1 aromatic heterocycles. The number of carbonyl (C=O) groups is 1. The highest BCUT2D eigenvalue weighted by molar-refractivity contribution is 9.10. The van der Waals surface area contributed by atoms with Gasteiger partial charge in [-0.2, -0.15) is 0 Å². The summed E-state index contributed by atoms with van der Waals surface area (Å²) < 4.78 is 12.0. The molecule has 0 saturated heterocycles. The fraction of sp³-hybridized carbons (Fsp3) is 0.158. The number of esters is 1. The molecule has 0 fully saturated rings. The Morgan fingerprint density at radius 1 is 1.12 bits per heavy atom. The number of rotatable bonds is 5. The van der Waals surface area contributed by atoms with E-state index in [2.05, 4.69) is 20.9 Å². The summed E-state index contributed by atoms with van der Waals surface area (Å²) in [6, 6.07) is 17.2. The highest BCUT2D eigenvalue weighted by Crippen LogP contribution is 2.22. The summed E-state index contributed by atoms with van der Waals surface area (Å²) in [5, 5.41) is 0. The van der Waals surface area contributed by atoms with Gasteiger partial charge in [0.1, 0.15) is 18.1 Å². The average Bonchev–Trinajstić information content (AvgIpc) is 2.97. The molecule has 0 saturated carbocycles. The van der Waals surface area contributed by atoms with Crippen molar-refractivity contribution in [3.63, 3.8) is 0 Å². The molecule has 0 aliphatic rings. The van der Waals surface area contributed by atoms with Crippen LogP contribution < -0.4 is 0 Å². The first-order valence-electron chi connectivity index (χ1n) is 7.53. The van der Waals surface area contributed by atoms with Crippen molar-refractivity contribution in [1.29, 1.82) is 0 Å². The van der Waals surface area contributed by atoms with E-state index in [1.807, 2.05) is 61.5 Å². The van der Waals surface area contributed by atoms with Gasteiger partial charge in [-0.15, -0.1) is 0 Å². The Labute approximate surface area is 148 Å². The van der Waals surface area contributed by atoms with E-state index in [4.69, 9.17) is 9.15 Å². The molecule has 0 aliphatic carbocycles. The van der Waals surface area contributed by atoms with Crippen LogP contribution in [0.5, 0.6) is 0 Å². The molecule has 24 heavy (non-hydrogen) atoms. The van der Waals surface area contributed by atoms with Crippen molar-refractivity contribution in [3.8, 4) is 11.5 Å². The Bertz CT molecular complexity index is 826. The second kappa shape index (κ2) is 7.45. The minimum Gasteiger partial charge on any atom is -0.459 e. The van der Waals surface area contributed by atoms with Crippen molar-refractivity contribution >= 4 is 21.9 Å². The fourth-order valence-corrected chi connectivity index (χ4v) is 2.50. The lowest BCUT2D eigenvalue weighted by Gasteiger charge is -2.03. The molecular weight excluding hydrogens is 370 g/mol. The number of oxazole rings is 1. The van der Waals surface area contributed by atoms with Gasteiger partial charge in [0.15, 0.2) is 0 Å². The molecule has 0 N–H and O–H groups in total. The molecule has 3 aromatic rings. The maximum Gasteiger partial charge on any atom is 0.310 e. The number of aromatic nitrogens is 1. The Balaban J connectivity index is 1.61. The van der Waals surface area contributed by atoms with Gasteiger partial charge in [-0.05, 0) is 36.8 Å². The summed E-state index contributed by atoms with van der Waals surface area (Å²) in [4.78, 5) is 16.4. The SMILES string of the molecule is Cc1oc(-c2ccccc2)nc1COC(=O)Cc1ccc(Br)cc1. The van der Waals surface area contributed by atoms with Gasteiger partial charge >= 0.3 is 5.97 Å². The third-order valence-corrected chi connectivity index (χ3v) is 4.07. The first-order chi connectivity index (χ1) is 11.6. The van der Waals surface area contributed by atoms with Crippen LogP contribution in [0.25, 0.3) is 11.5 Å². The van der Waals surface area contributed by atoms with Crippen molar-refractivity contribution in [1.82, 2.24) is 4.98 Å². The van der Waals surface area contributed by atoms with E-state index in [1.54, 1.807) is 0 Å². The van der Waals surface area contributed by atoms with Gasteiger partial charge in [-0.1, -0.05) is 46.3 Å². The maximum absolute atomic E-state index is 12.0. The molecular formula is C19H16BrNO3. The molecule has 5 heteroatoms. The Hall–Kier alpha value is -2.40. The average molecular weight is 386 g/mol. The molecule has 0 spiro atoms. The number of aryl methyl sites for hydroxylation is 1. The van der Waals surface area contributed by atoms with Gasteiger partial charge in [0.05, 0.1) is 6.42 Å². The number of carbonyl (C=O) groups excluding carboxylic acids is 1. The summed E-state index contributed by atoms with van der Waals surface area (Å²) >= 11 is 3.37. The molecule has 0 unspecified atom stereocenters. The zero-order valence-corrected chi connectivity index (χ0v) is 14.7. The number of hydrogen-bond acceptors (Lipinski definition) is 4. The smallest absolute Gasteiger partial charge is 0.310 e. The van der Waals surface area contributed by atoms with Crippen LogP contribution in [0, 0.1) is 6.92 Å². The number of benzene rings is 2. The highest BCUT2D eigenvalue weighted by Gasteiger charge is 2.13. The van der Waals surface area contributed by atoms with E-state index in [0.29, 0.717) is 17.3 Å². The minimum absolute atomic E-state index is 0.109. The molecule has 3 rings (SSSR count). The molecule has 122 valence electrons. The molecule has 0 aliphatic heterocycles. The van der Waals surface area contributed by atoms with E-state index >= 15 is 0 Å². The quantitative estimate of drug-likeness (QED) is 0.597. The molecule has 0 amide bonds. The normalized spacial score (nSPS) is 10.6. The van der Waals surface area contributed by atoms with Gasteiger partial charge in [-0.3, -0.25) is 4.79 Å². The fourth-order valence-electron chi connectivity index (χ4n) is 2.23. The predicted molar refractivity (Wildman–Crippen MR) is 94.3 cm³/mol. The van der Waals surface area contributed by atoms with Crippen LogP contribution >= 0.6 is 15.9 Å². The second-order valence-electron chi connectivity index (χ2n) is 5.35. The van der Waals surface area contributed by atoms with Crippen molar-refractivity contribution in [3.05, 3.63) is 76.1 Å². The number of nitrogens with zero attached hydrogens (tertiary/aromatic N) is 1. The maximum atomic E-state index is 12.0. The lowest BCUT2D eigenvalue weighted by atomic mass is 10.2.